The van der Waals surface area contributed by atoms with E-state index in [2.05, 4.69) is 10.3 Å². The minimum absolute atomic E-state index is 0.00347. The van der Waals surface area contributed by atoms with Crippen LogP contribution in [0.4, 0.5) is 5.69 Å². The van der Waals surface area contributed by atoms with Crippen molar-refractivity contribution in [2.45, 2.75) is 17.7 Å². The molecule has 0 unspecified atom stereocenters. The fourth-order valence-electron chi connectivity index (χ4n) is 2.56. The van der Waals surface area contributed by atoms with Gasteiger partial charge in [-0.2, -0.15) is 0 Å². The molecule has 1 fully saturated rings. The van der Waals surface area contributed by atoms with Crippen LogP contribution in [0, 0.1) is 0 Å². The zero-order valence-electron chi connectivity index (χ0n) is 13.3. The largest absolute Gasteiger partial charge is 0.312 e. The number of nitrogens with zero attached hydrogens (tertiary/aromatic N) is 1. The molecule has 2 N–H and O–H groups in total. The number of hydrogen-bond donors (Lipinski definition) is 2. The van der Waals surface area contributed by atoms with Gasteiger partial charge in [0.15, 0.2) is 0 Å². The summed E-state index contributed by atoms with van der Waals surface area (Å²) in [6.07, 6.45) is 1.30. The van der Waals surface area contributed by atoms with Gasteiger partial charge in [-0.25, -0.2) is 8.42 Å². The normalized spacial score (nSPS) is 14.6. The number of anilines is 1. The van der Waals surface area contributed by atoms with E-state index in [0.717, 1.165) is 6.42 Å². The maximum absolute atomic E-state index is 12.3. The Morgan fingerprint density at radius 2 is 1.68 bits per heavy atom. The van der Waals surface area contributed by atoms with E-state index in [1.165, 1.54) is 12.1 Å². The lowest BCUT2D eigenvalue weighted by Crippen LogP contribution is -2.41. The van der Waals surface area contributed by atoms with Gasteiger partial charge < -0.3 is 4.90 Å². The second-order valence-corrected chi connectivity index (χ2v) is 7.25. The Morgan fingerprint density at radius 3 is 2.28 bits per heavy atom. The molecular weight excluding hydrogens is 342 g/mol. The van der Waals surface area contributed by atoms with Crippen LogP contribution in [0.5, 0.6) is 0 Å². The molecule has 2 aromatic carbocycles. The van der Waals surface area contributed by atoms with Crippen LogP contribution >= 0.6 is 0 Å². The van der Waals surface area contributed by atoms with Gasteiger partial charge in [0, 0.05) is 24.2 Å². The lowest BCUT2D eigenvalue weighted by Gasteiger charge is -2.16. The van der Waals surface area contributed by atoms with Crippen molar-refractivity contribution in [3.63, 3.8) is 0 Å². The molecule has 2 amide bonds. The summed E-state index contributed by atoms with van der Waals surface area (Å²) in [6, 6.07) is 14.2. The van der Waals surface area contributed by atoms with Gasteiger partial charge in [-0.15, -0.1) is 4.83 Å². The van der Waals surface area contributed by atoms with Crippen molar-refractivity contribution in [3.05, 3.63) is 60.2 Å². The van der Waals surface area contributed by atoms with Crippen molar-refractivity contribution in [1.29, 1.82) is 0 Å². The number of sulfonamides is 1. The summed E-state index contributed by atoms with van der Waals surface area (Å²) in [6.45, 7) is 0.635. The molecular formula is C17H17N3O4S. The van der Waals surface area contributed by atoms with Crippen LogP contribution in [0.2, 0.25) is 0 Å². The number of carbonyl (C=O) groups is 2. The van der Waals surface area contributed by atoms with Crippen molar-refractivity contribution in [1.82, 2.24) is 10.3 Å². The lowest BCUT2D eigenvalue weighted by molar-refractivity contribution is -0.117. The highest BCUT2D eigenvalue weighted by Crippen LogP contribution is 2.22. The molecule has 2 aromatic rings. The maximum atomic E-state index is 12.3. The molecule has 1 aliphatic rings. The molecule has 1 saturated heterocycles. The highest BCUT2D eigenvalue weighted by molar-refractivity contribution is 7.89. The predicted octanol–water partition coefficient (Wildman–Crippen LogP) is 1.44. The number of amides is 2. The minimum Gasteiger partial charge on any atom is -0.312 e. The summed E-state index contributed by atoms with van der Waals surface area (Å²) in [7, 11) is -3.90. The van der Waals surface area contributed by atoms with Gasteiger partial charge in [-0.3, -0.25) is 15.0 Å². The first-order chi connectivity index (χ1) is 12.0. The molecule has 25 heavy (non-hydrogen) atoms. The molecule has 7 nitrogen and oxygen atoms in total. The van der Waals surface area contributed by atoms with Crippen LogP contribution in [0.3, 0.4) is 0 Å². The number of benzene rings is 2. The quantitative estimate of drug-likeness (QED) is 0.790. The maximum Gasteiger partial charge on any atom is 0.266 e. The third-order valence-electron chi connectivity index (χ3n) is 3.87. The van der Waals surface area contributed by atoms with Gasteiger partial charge in [0.2, 0.25) is 5.91 Å². The number of hydrazine groups is 1. The Labute approximate surface area is 145 Å². The van der Waals surface area contributed by atoms with Crippen molar-refractivity contribution >= 4 is 27.5 Å². The summed E-state index contributed by atoms with van der Waals surface area (Å²) < 4.78 is 24.5. The van der Waals surface area contributed by atoms with E-state index in [-0.39, 0.29) is 10.8 Å². The lowest BCUT2D eigenvalue weighted by atomic mass is 10.2. The first-order valence-electron chi connectivity index (χ1n) is 7.75. The molecule has 3 rings (SSSR count). The fourth-order valence-corrected chi connectivity index (χ4v) is 3.40. The molecule has 0 spiro atoms. The second-order valence-electron chi connectivity index (χ2n) is 5.57. The molecule has 0 saturated carbocycles. The Kier molecular flexibility index (Phi) is 4.82. The van der Waals surface area contributed by atoms with Crippen LogP contribution in [0.1, 0.15) is 23.2 Å². The molecule has 1 aliphatic heterocycles. The van der Waals surface area contributed by atoms with Gasteiger partial charge in [0.05, 0.1) is 4.90 Å². The summed E-state index contributed by atoms with van der Waals surface area (Å²) >= 11 is 0. The molecule has 0 atom stereocenters. The van der Waals surface area contributed by atoms with E-state index < -0.39 is 15.9 Å². The summed E-state index contributed by atoms with van der Waals surface area (Å²) in [5.74, 6) is -0.521. The standard InChI is InChI=1S/C17H17N3O4S/c21-16-7-4-12-20(16)14-8-10-15(11-9-14)25(23,24)19-18-17(22)13-5-2-1-3-6-13/h1-3,5-6,8-11,19H,4,7,12H2,(H,18,22). The van der Waals surface area contributed by atoms with Crippen LogP contribution in [0.25, 0.3) is 0 Å². The molecule has 1 heterocycles. The molecule has 0 radical (unpaired) electrons. The van der Waals surface area contributed by atoms with E-state index >= 15 is 0 Å². The van der Waals surface area contributed by atoms with E-state index in [4.69, 9.17) is 0 Å². The van der Waals surface area contributed by atoms with E-state index in [0.29, 0.717) is 24.2 Å². The molecule has 0 bridgehead atoms. The van der Waals surface area contributed by atoms with Gasteiger partial charge >= 0.3 is 0 Å². The zero-order valence-corrected chi connectivity index (χ0v) is 14.1. The summed E-state index contributed by atoms with van der Waals surface area (Å²) in [4.78, 5) is 27.3. The number of hydrogen-bond acceptors (Lipinski definition) is 4. The van der Waals surface area contributed by atoms with Crippen LogP contribution < -0.4 is 15.2 Å². The Bertz CT molecular complexity index is 880. The molecule has 8 heteroatoms. The van der Waals surface area contributed by atoms with Crippen molar-refractivity contribution < 1.29 is 18.0 Å². The first-order valence-corrected chi connectivity index (χ1v) is 9.23. The minimum atomic E-state index is -3.90. The van der Waals surface area contributed by atoms with Crippen LogP contribution in [0.15, 0.2) is 59.5 Å². The van der Waals surface area contributed by atoms with Crippen LogP contribution in [-0.2, 0) is 14.8 Å². The highest BCUT2D eigenvalue weighted by atomic mass is 32.2. The van der Waals surface area contributed by atoms with Crippen molar-refractivity contribution in [2.24, 2.45) is 0 Å². The summed E-state index contributed by atoms with van der Waals surface area (Å²) in [5.41, 5.74) is 3.18. The summed E-state index contributed by atoms with van der Waals surface area (Å²) in [5, 5.41) is 0. The zero-order chi connectivity index (χ0) is 17.9. The topological polar surface area (TPSA) is 95.6 Å². The van der Waals surface area contributed by atoms with Crippen molar-refractivity contribution in [3.8, 4) is 0 Å². The van der Waals surface area contributed by atoms with Gasteiger partial charge in [-0.1, -0.05) is 18.2 Å². The molecule has 130 valence electrons. The van der Waals surface area contributed by atoms with Crippen LogP contribution in [-0.4, -0.2) is 26.8 Å². The van der Waals surface area contributed by atoms with E-state index in [1.807, 2.05) is 0 Å². The van der Waals surface area contributed by atoms with E-state index in [9.17, 15) is 18.0 Å². The Balaban J connectivity index is 1.68. The monoisotopic (exact) mass is 359 g/mol. The Hall–Kier alpha value is -2.71. The predicted molar refractivity (Wildman–Crippen MR) is 92.3 cm³/mol. The van der Waals surface area contributed by atoms with Crippen molar-refractivity contribution in [2.75, 3.05) is 11.4 Å². The second kappa shape index (κ2) is 7.04. The average molecular weight is 359 g/mol. The molecule has 0 aromatic heterocycles. The number of nitrogens with one attached hydrogen (secondary N) is 2. The Morgan fingerprint density at radius 1 is 1.00 bits per heavy atom. The average Bonchev–Trinajstić information content (AvgIpc) is 3.06. The number of carbonyl (C=O) groups excluding carboxylic acids is 2. The third kappa shape index (κ3) is 3.86. The van der Waals surface area contributed by atoms with Gasteiger partial charge in [0.25, 0.3) is 15.9 Å². The van der Waals surface area contributed by atoms with Gasteiger partial charge in [-0.05, 0) is 42.8 Å². The van der Waals surface area contributed by atoms with E-state index in [1.54, 1.807) is 47.4 Å². The number of rotatable bonds is 5. The first kappa shape index (κ1) is 17.1. The van der Waals surface area contributed by atoms with Gasteiger partial charge in [0.1, 0.15) is 0 Å². The third-order valence-corrected chi connectivity index (χ3v) is 5.13. The molecule has 0 aliphatic carbocycles. The fraction of sp³-hybridized carbons (Fsp3) is 0.176. The SMILES string of the molecule is O=C(NNS(=O)(=O)c1ccc(N2CCCC2=O)cc1)c1ccccc1. The smallest absolute Gasteiger partial charge is 0.266 e. The highest BCUT2D eigenvalue weighted by Gasteiger charge is 2.22.